The van der Waals surface area contributed by atoms with E-state index < -0.39 is 11.9 Å². The molecule has 0 unspecified atom stereocenters. The monoisotopic (exact) mass is 288 g/mol. The van der Waals surface area contributed by atoms with Gasteiger partial charge < -0.3 is 10.2 Å². The second-order valence-corrected chi connectivity index (χ2v) is 4.19. The van der Waals surface area contributed by atoms with Crippen LogP contribution in [0, 0.1) is 0 Å². The molecule has 0 heterocycles. The lowest BCUT2D eigenvalue weighted by atomic mass is 10.1. The molecule has 0 fully saturated rings. The first kappa shape index (κ1) is 18.4. The van der Waals surface area contributed by atoms with Crippen LogP contribution in [0.25, 0.3) is 6.08 Å². The summed E-state index contributed by atoms with van der Waals surface area (Å²) in [4.78, 5) is 20.2. The lowest BCUT2D eigenvalue weighted by molar-refractivity contribution is -0.133. The molecule has 4 heteroatoms. The Morgan fingerprint density at radius 3 is 1.95 bits per heavy atom. The first-order chi connectivity index (χ1) is 9.88. The van der Waals surface area contributed by atoms with Gasteiger partial charge in [0.15, 0.2) is 0 Å². The average molecular weight is 288 g/mol. The Morgan fingerprint density at radius 2 is 1.57 bits per heavy atom. The van der Waals surface area contributed by atoms with E-state index in [9.17, 15) is 9.59 Å². The first-order valence-corrected chi connectivity index (χ1v) is 6.42. The number of carboxylic acid groups (broad SMARTS) is 2. The SMILES string of the molecule is C=C(CC)C(=O)O.C=C(CC=Cc1ccccc1)C(=O)O. The molecule has 21 heavy (non-hydrogen) atoms. The average Bonchev–Trinajstić information content (AvgIpc) is 2.47. The summed E-state index contributed by atoms with van der Waals surface area (Å²) in [6, 6.07) is 9.73. The van der Waals surface area contributed by atoms with Crippen LogP contribution < -0.4 is 0 Å². The summed E-state index contributed by atoms with van der Waals surface area (Å²) in [5, 5.41) is 16.6. The highest BCUT2D eigenvalue weighted by atomic mass is 16.4. The van der Waals surface area contributed by atoms with Gasteiger partial charge in [-0.3, -0.25) is 0 Å². The number of allylic oxidation sites excluding steroid dienone is 1. The molecule has 0 radical (unpaired) electrons. The minimum absolute atomic E-state index is 0.206. The van der Waals surface area contributed by atoms with Crippen LogP contribution in [0.5, 0.6) is 0 Å². The molecular weight excluding hydrogens is 268 g/mol. The molecule has 0 spiro atoms. The molecule has 112 valence electrons. The minimum Gasteiger partial charge on any atom is -0.478 e. The van der Waals surface area contributed by atoms with Crippen LogP contribution in [0.1, 0.15) is 25.3 Å². The van der Waals surface area contributed by atoms with E-state index in [1.165, 1.54) is 0 Å². The molecular formula is C17H20O4. The van der Waals surface area contributed by atoms with Gasteiger partial charge in [0, 0.05) is 11.1 Å². The van der Waals surface area contributed by atoms with Crippen LogP contribution in [0.4, 0.5) is 0 Å². The van der Waals surface area contributed by atoms with Gasteiger partial charge in [-0.1, -0.05) is 62.6 Å². The molecule has 1 aromatic carbocycles. The van der Waals surface area contributed by atoms with Gasteiger partial charge >= 0.3 is 11.9 Å². The van der Waals surface area contributed by atoms with Gasteiger partial charge in [0.05, 0.1) is 0 Å². The summed E-state index contributed by atoms with van der Waals surface area (Å²) in [5.74, 6) is -1.84. The van der Waals surface area contributed by atoms with Crippen molar-refractivity contribution in [3.63, 3.8) is 0 Å². The Bertz CT molecular complexity index is 527. The Kier molecular flexibility index (Phi) is 8.93. The zero-order chi connectivity index (χ0) is 16.3. The van der Waals surface area contributed by atoms with E-state index in [4.69, 9.17) is 10.2 Å². The summed E-state index contributed by atoms with van der Waals surface area (Å²) in [6.07, 6.45) is 4.58. The second kappa shape index (κ2) is 10.2. The van der Waals surface area contributed by atoms with Gasteiger partial charge in [0.1, 0.15) is 0 Å². The predicted octanol–water partition coefficient (Wildman–Crippen LogP) is 3.77. The van der Waals surface area contributed by atoms with Crippen LogP contribution in [0.2, 0.25) is 0 Å². The van der Waals surface area contributed by atoms with E-state index in [1.54, 1.807) is 13.0 Å². The third-order valence-electron chi connectivity index (χ3n) is 2.51. The van der Waals surface area contributed by atoms with E-state index in [2.05, 4.69) is 13.2 Å². The number of hydrogen-bond acceptors (Lipinski definition) is 2. The van der Waals surface area contributed by atoms with E-state index in [1.807, 2.05) is 36.4 Å². The van der Waals surface area contributed by atoms with Gasteiger partial charge in [-0.25, -0.2) is 9.59 Å². The summed E-state index contributed by atoms with van der Waals surface area (Å²) in [6.45, 7) is 8.47. The molecule has 0 aliphatic carbocycles. The summed E-state index contributed by atoms with van der Waals surface area (Å²) < 4.78 is 0. The lowest BCUT2D eigenvalue weighted by Crippen LogP contribution is -1.96. The summed E-state index contributed by atoms with van der Waals surface area (Å²) >= 11 is 0. The van der Waals surface area contributed by atoms with Crippen molar-refractivity contribution in [3.8, 4) is 0 Å². The Labute approximate surface area is 124 Å². The zero-order valence-corrected chi connectivity index (χ0v) is 12.1. The van der Waals surface area contributed by atoms with Gasteiger partial charge in [-0.15, -0.1) is 0 Å². The van der Waals surface area contributed by atoms with Gasteiger partial charge in [-0.2, -0.15) is 0 Å². The molecule has 1 aromatic rings. The van der Waals surface area contributed by atoms with Crippen molar-refractivity contribution >= 4 is 18.0 Å². The third kappa shape index (κ3) is 8.99. The van der Waals surface area contributed by atoms with Crippen LogP contribution in [0.3, 0.4) is 0 Å². The standard InChI is InChI=1S/C12H12O2.C5H8O2/c1-10(12(13)14)6-5-9-11-7-3-2-4-8-11;1-3-4(2)5(6)7/h2-5,7-9H,1,6H2,(H,13,14);2-3H2,1H3,(H,6,7). The number of hydrogen-bond donors (Lipinski definition) is 2. The predicted molar refractivity (Wildman–Crippen MR) is 83.9 cm³/mol. The molecule has 2 N–H and O–H groups in total. The second-order valence-electron chi connectivity index (χ2n) is 4.19. The molecule has 0 aromatic heterocycles. The van der Waals surface area contributed by atoms with Crippen molar-refractivity contribution in [2.24, 2.45) is 0 Å². The lowest BCUT2D eigenvalue weighted by Gasteiger charge is -1.93. The molecule has 4 nitrogen and oxygen atoms in total. The number of aliphatic carboxylic acids is 2. The number of rotatable bonds is 6. The maximum absolute atomic E-state index is 10.4. The third-order valence-corrected chi connectivity index (χ3v) is 2.51. The van der Waals surface area contributed by atoms with Crippen molar-refractivity contribution < 1.29 is 19.8 Å². The fraction of sp³-hybridized carbons (Fsp3) is 0.176. The molecule has 0 saturated heterocycles. The molecule has 0 aliphatic heterocycles. The minimum atomic E-state index is -0.942. The molecule has 0 amide bonds. The van der Waals surface area contributed by atoms with Crippen molar-refractivity contribution in [2.45, 2.75) is 19.8 Å². The van der Waals surface area contributed by atoms with E-state index in [0.29, 0.717) is 12.8 Å². The maximum atomic E-state index is 10.4. The molecule has 1 rings (SSSR count). The fourth-order valence-electron chi connectivity index (χ4n) is 1.14. The summed E-state index contributed by atoms with van der Waals surface area (Å²) in [7, 11) is 0. The normalized spacial score (nSPS) is 9.57. The van der Waals surface area contributed by atoms with E-state index in [0.717, 1.165) is 5.56 Å². The molecule has 0 atom stereocenters. The highest BCUT2D eigenvalue weighted by Crippen LogP contribution is 2.05. The van der Waals surface area contributed by atoms with Gasteiger partial charge in [0.2, 0.25) is 0 Å². The van der Waals surface area contributed by atoms with Crippen molar-refractivity contribution in [2.75, 3.05) is 0 Å². The number of carboxylic acids is 2. The topological polar surface area (TPSA) is 74.6 Å². The fourth-order valence-corrected chi connectivity index (χ4v) is 1.14. The van der Waals surface area contributed by atoms with Crippen LogP contribution >= 0.6 is 0 Å². The van der Waals surface area contributed by atoms with Crippen LogP contribution in [0.15, 0.2) is 60.7 Å². The number of carbonyl (C=O) groups is 2. The van der Waals surface area contributed by atoms with Crippen LogP contribution in [-0.4, -0.2) is 22.2 Å². The molecule has 0 saturated carbocycles. The highest BCUT2D eigenvalue weighted by Gasteiger charge is 1.99. The maximum Gasteiger partial charge on any atom is 0.331 e. The quantitative estimate of drug-likeness (QED) is 0.781. The molecule has 0 bridgehead atoms. The van der Waals surface area contributed by atoms with Crippen molar-refractivity contribution in [1.29, 1.82) is 0 Å². The number of benzene rings is 1. The highest BCUT2D eigenvalue weighted by molar-refractivity contribution is 5.86. The van der Waals surface area contributed by atoms with Gasteiger partial charge in [0.25, 0.3) is 0 Å². The zero-order valence-electron chi connectivity index (χ0n) is 12.1. The Morgan fingerprint density at radius 1 is 1.05 bits per heavy atom. The Balaban J connectivity index is 0.000000486. The first-order valence-electron chi connectivity index (χ1n) is 6.42. The Hall–Kier alpha value is -2.62. The summed E-state index contributed by atoms with van der Waals surface area (Å²) in [5.41, 5.74) is 1.53. The van der Waals surface area contributed by atoms with Crippen molar-refractivity contribution in [1.82, 2.24) is 0 Å². The molecule has 0 aliphatic rings. The van der Waals surface area contributed by atoms with Gasteiger partial charge in [-0.05, 0) is 18.4 Å². The van der Waals surface area contributed by atoms with E-state index >= 15 is 0 Å². The van der Waals surface area contributed by atoms with Crippen LogP contribution in [-0.2, 0) is 9.59 Å². The smallest absolute Gasteiger partial charge is 0.331 e. The van der Waals surface area contributed by atoms with E-state index in [-0.39, 0.29) is 11.1 Å². The largest absolute Gasteiger partial charge is 0.478 e. The van der Waals surface area contributed by atoms with Crippen molar-refractivity contribution in [3.05, 3.63) is 66.3 Å².